The molecule has 0 unspecified atom stereocenters. The molecule has 0 atom stereocenters. The molecule has 0 saturated carbocycles. The smallest absolute Gasteiger partial charge is 0.128 e. The first-order chi connectivity index (χ1) is 8.16. The summed E-state index contributed by atoms with van der Waals surface area (Å²) in [7, 11) is 0. The Kier molecular flexibility index (Phi) is 2.55. The SMILES string of the molecule is Cc1cc2c(Cl)c3c(nc2cc1F)CCCC3. The lowest BCUT2D eigenvalue weighted by atomic mass is 9.94. The highest BCUT2D eigenvalue weighted by molar-refractivity contribution is 6.36. The number of halogens is 2. The lowest BCUT2D eigenvalue weighted by Gasteiger charge is -2.18. The Morgan fingerprint density at radius 1 is 1.24 bits per heavy atom. The van der Waals surface area contributed by atoms with Crippen LogP contribution in [0.25, 0.3) is 10.9 Å². The number of pyridine rings is 1. The monoisotopic (exact) mass is 249 g/mol. The highest BCUT2D eigenvalue weighted by Gasteiger charge is 2.17. The highest BCUT2D eigenvalue weighted by atomic mass is 35.5. The summed E-state index contributed by atoms with van der Waals surface area (Å²) >= 11 is 6.42. The van der Waals surface area contributed by atoms with Crippen molar-refractivity contribution in [2.45, 2.75) is 32.6 Å². The van der Waals surface area contributed by atoms with Crippen molar-refractivity contribution in [3.63, 3.8) is 0 Å². The van der Waals surface area contributed by atoms with E-state index in [1.54, 1.807) is 13.0 Å². The van der Waals surface area contributed by atoms with Gasteiger partial charge in [-0.1, -0.05) is 11.6 Å². The molecule has 0 N–H and O–H groups in total. The minimum absolute atomic E-state index is 0.211. The van der Waals surface area contributed by atoms with E-state index in [4.69, 9.17) is 11.6 Å². The number of hydrogen-bond acceptors (Lipinski definition) is 1. The molecule has 1 aliphatic rings. The van der Waals surface area contributed by atoms with Gasteiger partial charge in [0.05, 0.1) is 10.5 Å². The molecule has 1 heterocycles. The van der Waals surface area contributed by atoms with E-state index in [9.17, 15) is 4.39 Å². The fourth-order valence-corrected chi connectivity index (χ4v) is 2.85. The van der Waals surface area contributed by atoms with Crippen molar-refractivity contribution >= 4 is 22.5 Å². The van der Waals surface area contributed by atoms with Crippen LogP contribution >= 0.6 is 11.6 Å². The predicted molar refractivity (Wildman–Crippen MR) is 68.1 cm³/mol. The van der Waals surface area contributed by atoms with E-state index in [1.165, 1.54) is 12.5 Å². The van der Waals surface area contributed by atoms with Gasteiger partial charge in [-0.2, -0.15) is 0 Å². The molecule has 0 aliphatic heterocycles. The van der Waals surface area contributed by atoms with Gasteiger partial charge in [0, 0.05) is 17.1 Å². The molecule has 1 nitrogen and oxygen atoms in total. The van der Waals surface area contributed by atoms with Crippen molar-refractivity contribution in [3.8, 4) is 0 Å². The number of nitrogens with zero attached hydrogens (tertiary/aromatic N) is 1. The third-order valence-electron chi connectivity index (χ3n) is 3.47. The zero-order valence-corrected chi connectivity index (χ0v) is 10.4. The number of hydrogen-bond donors (Lipinski definition) is 0. The molecule has 0 spiro atoms. The van der Waals surface area contributed by atoms with Gasteiger partial charge in [0.25, 0.3) is 0 Å². The van der Waals surface area contributed by atoms with Gasteiger partial charge in [0.2, 0.25) is 0 Å². The molecular formula is C14H13ClFN. The van der Waals surface area contributed by atoms with Crippen molar-refractivity contribution in [2.24, 2.45) is 0 Å². The topological polar surface area (TPSA) is 12.9 Å². The zero-order valence-electron chi connectivity index (χ0n) is 9.69. The first-order valence-electron chi connectivity index (χ1n) is 5.94. The molecular weight excluding hydrogens is 237 g/mol. The number of benzene rings is 1. The summed E-state index contributed by atoms with van der Waals surface area (Å²) in [6, 6.07) is 3.29. The van der Waals surface area contributed by atoms with Crippen LogP contribution in [0.4, 0.5) is 4.39 Å². The van der Waals surface area contributed by atoms with Crippen LogP contribution in [0.1, 0.15) is 29.7 Å². The molecule has 0 radical (unpaired) electrons. The van der Waals surface area contributed by atoms with Crippen LogP contribution in [-0.2, 0) is 12.8 Å². The van der Waals surface area contributed by atoms with Crippen LogP contribution in [0.15, 0.2) is 12.1 Å². The first kappa shape index (κ1) is 11.0. The molecule has 3 rings (SSSR count). The summed E-state index contributed by atoms with van der Waals surface area (Å²) in [6.45, 7) is 1.75. The standard InChI is InChI=1S/C14H13ClFN/c1-8-6-10-13(7-11(8)16)17-12-5-3-2-4-9(12)14(10)15/h6-7H,2-5H2,1H3. The van der Waals surface area contributed by atoms with Gasteiger partial charge in [0.1, 0.15) is 5.82 Å². The Hall–Kier alpha value is -1.15. The van der Waals surface area contributed by atoms with Gasteiger partial charge in [-0.25, -0.2) is 4.39 Å². The van der Waals surface area contributed by atoms with E-state index in [2.05, 4.69) is 4.98 Å². The third kappa shape index (κ3) is 1.71. The van der Waals surface area contributed by atoms with Crippen molar-refractivity contribution in [2.75, 3.05) is 0 Å². The molecule has 1 aromatic heterocycles. The van der Waals surface area contributed by atoms with Gasteiger partial charge in [-0.05, 0) is 49.8 Å². The summed E-state index contributed by atoms with van der Waals surface area (Å²) in [5.41, 5.74) is 3.52. The summed E-state index contributed by atoms with van der Waals surface area (Å²) in [5, 5.41) is 1.65. The van der Waals surface area contributed by atoms with E-state index in [1.807, 2.05) is 0 Å². The first-order valence-corrected chi connectivity index (χ1v) is 6.31. The van der Waals surface area contributed by atoms with Crippen LogP contribution in [0.2, 0.25) is 5.02 Å². The molecule has 88 valence electrons. The Balaban J connectivity index is 2.36. The number of aryl methyl sites for hydroxylation is 2. The maximum absolute atomic E-state index is 13.5. The molecule has 1 aromatic carbocycles. The van der Waals surface area contributed by atoms with Crippen LogP contribution in [-0.4, -0.2) is 4.98 Å². The van der Waals surface area contributed by atoms with Gasteiger partial charge in [-0.15, -0.1) is 0 Å². The van der Waals surface area contributed by atoms with Crippen LogP contribution in [0, 0.1) is 12.7 Å². The Bertz CT molecular complexity index is 607. The maximum Gasteiger partial charge on any atom is 0.128 e. The minimum Gasteiger partial charge on any atom is -0.252 e. The maximum atomic E-state index is 13.5. The average Bonchev–Trinajstić information content (AvgIpc) is 2.32. The Morgan fingerprint density at radius 3 is 2.82 bits per heavy atom. The lowest BCUT2D eigenvalue weighted by molar-refractivity contribution is 0.619. The fraction of sp³-hybridized carbons (Fsp3) is 0.357. The molecule has 1 aliphatic carbocycles. The van der Waals surface area contributed by atoms with Gasteiger partial charge >= 0.3 is 0 Å². The number of fused-ring (bicyclic) bond motifs is 2. The predicted octanol–water partition coefficient (Wildman–Crippen LogP) is 4.21. The Labute approximate surface area is 105 Å². The molecule has 2 aromatic rings. The van der Waals surface area contributed by atoms with Crippen molar-refractivity contribution in [1.29, 1.82) is 0 Å². The fourth-order valence-electron chi connectivity index (χ4n) is 2.50. The zero-order chi connectivity index (χ0) is 12.0. The lowest BCUT2D eigenvalue weighted by Crippen LogP contribution is -2.06. The number of aromatic nitrogens is 1. The second-order valence-corrected chi connectivity index (χ2v) is 5.05. The van der Waals surface area contributed by atoms with Crippen LogP contribution < -0.4 is 0 Å². The second-order valence-electron chi connectivity index (χ2n) is 4.68. The van der Waals surface area contributed by atoms with E-state index < -0.39 is 0 Å². The quantitative estimate of drug-likeness (QED) is 0.681. The van der Waals surface area contributed by atoms with Gasteiger partial charge in [0.15, 0.2) is 0 Å². The highest BCUT2D eigenvalue weighted by Crippen LogP contribution is 2.33. The van der Waals surface area contributed by atoms with Crippen LogP contribution in [0.3, 0.4) is 0 Å². The van der Waals surface area contributed by atoms with Crippen LogP contribution in [0.5, 0.6) is 0 Å². The molecule has 0 fully saturated rings. The largest absolute Gasteiger partial charge is 0.252 e. The molecule has 3 heteroatoms. The number of rotatable bonds is 0. The van der Waals surface area contributed by atoms with Crippen molar-refractivity contribution in [1.82, 2.24) is 4.98 Å². The van der Waals surface area contributed by atoms with Crippen molar-refractivity contribution < 1.29 is 4.39 Å². The van der Waals surface area contributed by atoms with E-state index in [0.29, 0.717) is 11.1 Å². The van der Waals surface area contributed by atoms with E-state index in [0.717, 1.165) is 40.9 Å². The van der Waals surface area contributed by atoms with Gasteiger partial charge < -0.3 is 0 Å². The summed E-state index contributed by atoms with van der Waals surface area (Å²) < 4.78 is 13.5. The minimum atomic E-state index is -0.211. The van der Waals surface area contributed by atoms with E-state index in [-0.39, 0.29) is 5.82 Å². The van der Waals surface area contributed by atoms with Crippen molar-refractivity contribution in [3.05, 3.63) is 39.8 Å². The van der Waals surface area contributed by atoms with E-state index >= 15 is 0 Å². The molecule has 0 bridgehead atoms. The second kappa shape index (κ2) is 3.95. The average molecular weight is 250 g/mol. The summed E-state index contributed by atoms with van der Waals surface area (Å²) in [5.74, 6) is -0.211. The summed E-state index contributed by atoms with van der Waals surface area (Å²) in [6.07, 6.45) is 4.27. The van der Waals surface area contributed by atoms with Gasteiger partial charge in [-0.3, -0.25) is 4.98 Å². The molecule has 0 amide bonds. The summed E-state index contributed by atoms with van der Waals surface area (Å²) in [4.78, 5) is 4.55. The molecule has 17 heavy (non-hydrogen) atoms. The molecule has 0 saturated heterocycles. The normalized spacial score (nSPS) is 15.0. The Morgan fingerprint density at radius 2 is 2.00 bits per heavy atom. The third-order valence-corrected chi connectivity index (χ3v) is 3.90.